The Kier molecular flexibility index (Phi) is 6.79. The van der Waals surface area contributed by atoms with Gasteiger partial charge in [-0.3, -0.25) is 4.79 Å². The van der Waals surface area contributed by atoms with Crippen molar-refractivity contribution in [3.05, 3.63) is 58.6 Å². The highest BCUT2D eigenvalue weighted by atomic mass is 35.5. The van der Waals surface area contributed by atoms with Crippen molar-refractivity contribution in [1.29, 1.82) is 0 Å². The highest BCUT2D eigenvalue weighted by Crippen LogP contribution is 2.27. The van der Waals surface area contributed by atoms with Crippen molar-refractivity contribution >= 4 is 35.1 Å². The van der Waals surface area contributed by atoms with Gasteiger partial charge < -0.3 is 19.5 Å². The SMILES string of the molecule is COC(=O)c1ccc(C(=O)O[C@@H](C)C(=O)Nc2cc(Cl)ccc2OC)cc1. The van der Waals surface area contributed by atoms with Crippen LogP contribution in [0.1, 0.15) is 27.6 Å². The molecule has 0 aliphatic carbocycles. The van der Waals surface area contributed by atoms with Crippen LogP contribution in [-0.2, 0) is 14.3 Å². The van der Waals surface area contributed by atoms with Crippen LogP contribution in [0, 0.1) is 0 Å². The third kappa shape index (κ3) is 5.21. The molecule has 1 atom stereocenters. The van der Waals surface area contributed by atoms with Gasteiger partial charge in [0.15, 0.2) is 6.10 Å². The number of nitrogens with one attached hydrogen (secondary N) is 1. The van der Waals surface area contributed by atoms with Gasteiger partial charge in [0, 0.05) is 5.02 Å². The lowest BCUT2D eigenvalue weighted by atomic mass is 10.1. The molecule has 0 bridgehead atoms. The number of esters is 2. The minimum atomic E-state index is -1.07. The predicted octanol–water partition coefficient (Wildman–Crippen LogP) is 3.32. The number of benzene rings is 2. The van der Waals surface area contributed by atoms with Crippen LogP contribution in [0.15, 0.2) is 42.5 Å². The zero-order valence-electron chi connectivity index (χ0n) is 14.9. The summed E-state index contributed by atoms with van der Waals surface area (Å²) in [6.07, 6.45) is -1.07. The number of anilines is 1. The second kappa shape index (κ2) is 9.05. The van der Waals surface area contributed by atoms with Crippen molar-refractivity contribution in [3.63, 3.8) is 0 Å². The van der Waals surface area contributed by atoms with Crippen molar-refractivity contribution in [2.24, 2.45) is 0 Å². The van der Waals surface area contributed by atoms with Crippen molar-refractivity contribution in [2.75, 3.05) is 19.5 Å². The molecule has 0 saturated carbocycles. The van der Waals surface area contributed by atoms with Crippen LogP contribution in [0.3, 0.4) is 0 Å². The number of ether oxygens (including phenoxy) is 3. The van der Waals surface area contributed by atoms with Gasteiger partial charge in [-0.15, -0.1) is 0 Å². The van der Waals surface area contributed by atoms with Crippen molar-refractivity contribution in [3.8, 4) is 5.75 Å². The molecule has 0 spiro atoms. The molecule has 1 N–H and O–H groups in total. The molecule has 27 heavy (non-hydrogen) atoms. The highest BCUT2D eigenvalue weighted by Gasteiger charge is 2.20. The lowest BCUT2D eigenvalue weighted by molar-refractivity contribution is -0.123. The molecule has 0 unspecified atom stereocenters. The van der Waals surface area contributed by atoms with Crippen molar-refractivity contribution < 1.29 is 28.6 Å². The molecule has 0 fully saturated rings. The number of amides is 1. The van der Waals surface area contributed by atoms with Gasteiger partial charge in [0.25, 0.3) is 5.91 Å². The Morgan fingerprint density at radius 2 is 1.56 bits per heavy atom. The Labute approximate surface area is 161 Å². The van der Waals surface area contributed by atoms with E-state index in [1.165, 1.54) is 51.5 Å². The number of hydrogen-bond acceptors (Lipinski definition) is 6. The third-order valence-electron chi connectivity index (χ3n) is 3.61. The summed E-state index contributed by atoms with van der Waals surface area (Å²) in [5.41, 5.74) is 0.857. The molecule has 142 valence electrons. The van der Waals surface area contributed by atoms with E-state index in [0.717, 1.165) is 0 Å². The first-order valence-electron chi connectivity index (χ1n) is 7.89. The van der Waals surface area contributed by atoms with Gasteiger partial charge in [0.1, 0.15) is 5.75 Å². The largest absolute Gasteiger partial charge is 0.495 e. The van der Waals surface area contributed by atoms with E-state index in [4.69, 9.17) is 21.1 Å². The maximum Gasteiger partial charge on any atom is 0.338 e. The van der Waals surface area contributed by atoms with E-state index in [0.29, 0.717) is 22.0 Å². The summed E-state index contributed by atoms with van der Waals surface area (Å²) in [6, 6.07) is 10.5. The van der Waals surface area contributed by atoms with E-state index >= 15 is 0 Å². The fourth-order valence-electron chi connectivity index (χ4n) is 2.15. The molecular formula is C19H18ClNO6. The summed E-state index contributed by atoms with van der Waals surface area (Å²) in [7, 11) is 2.72. The molecule has 0 aliphatic heterocycles. The minimum Gasteiger partial charge on any atom is -0.495 e. The highest BCUT2D eigenvalue weighted by molar-refractivity contribution is 6.31. The fourth-order valence-corrected chi connectivity index (χ4v) is 2.33. The van der Waals surface area contributed by atoms with E-state index in [9.17, 15) is 14.4 Å². The maximum atomic E-state index is 12.3. The van der Waals surface area contributed by atoms with E-state index in [2.05, 4.69) is 10.1 Å². The van der Waals surface area contributed by atoms with Gasteiger partial charge in [-0.05, 0) is 49.4 Å². The molecule has 0 heterocycles. The normalized spacial score (nSPS) is 11.3. The number of halogens is 1. The summed E-state index contributed by atoms with van der Waals surface area (Å²) in [5.74, 6) is -1.34. The Balaban J connectivity index is 2.02. The number of carbonyl (C=O) groups is 3. The van der Waals surface area contributed by atoms with E-state index in [1.54, 1.807) is 12.1 Å². The number of methoxy groups -OCH3 is 2. The van der Waals surface area contributed by atoms with Crippen LogP contribution < -0.4 is 10.1 Å². The summed E-state index contributed by atoms with van der Waals surface area (Å²) in [6.45, 7) is 1.44. The smallest absolute Gasteiger partial charge is 0.338 e. The van der Waals surface area contributed by atoms with Crippen LogP contribution in [0.2, 0.25) is 5.02 Å². The average molecular weight is 392 g/mol. The molecule has 0 aliphatic rings. The first kappa shape index (κ1) is 20.3. The van der Waals surface area contributed by atoms with Gasteiger partial charge in [-0.2, -0.15) is 0 Å². The molecule has 2 aromatic carbocycles. The molecular weight excluding hydrogens is 374 g/mol. The van der Waals surface area contributed by atoms with Gasteiger partial charge in [0.2, 0.25) is 0 Å². The summed E-state index contributed by atoms with van der Waals surface area (Å²) in [4.78, 5) is 35.9. The van der Waals surface area contributed by atoms with Crippen LogP contribution >= 0.6 is 11.6 Å². The van der Waals surface area contributed by atoms with Gasteiger partial charge >= 0.3 is 11.9 Å². The van der Waals surface area contributed by atoms with E-state index < -0.39 is 23.9 Å². The molecule has 2 aromatic rings. The lowest BCUT2D eigenvalue weighted by Crippen LogP contribution is -2.30. The zero-order chi connectivity index (χ0) is 20.0. The number of carbonyl (C=O) groups excluding carboxylic acids is 3. The first-order valence-corrected chi connectivity index (χ1v) is 8.27. The van der Waals surface area contributed by atoms with Crippen LogP contribution in [-0.4, -0.2) is 38.2 Å². The molecule has 0 saturated heterocycles. The molecule has 8 heteroatoms. The van der Waals surface area contributed by atoms with E-state index in [-0.39, 0.29) is 5.56 Å². The van der Waals surface area contributed by atoms with Crippen LogP contribution in [0.25, 0.3) is 0 Å². The molecule has 7 nitrogen and oxygen atoms in total. The third-order valence-corrected chi connectivity index (χ3v) is 3.85. The fraction of sp³-hybridized carbons (Fsp3) is 0.211. The second-order valence-electron chi connectivity index (χ2n) is 5.45. The van der Waals surface area contributed by atoms with Crippen LogP contribution in [0.4, 0.5) is 5.69 Å². The predicted molar refractivity (Wildman–Crippen MR) is 99.3 cm³/mol. The van der Waals surface area contributed by atoms with Gasteiger partial charge in [-0.1, -0.05) is 11.6 Å². The maximum absolute atomic E-state index is 12.3. The van der Waals surface area contributed by atoms with Crippen molar-refractivity contribution in [1.82, 2.24) is 0 Å². The Hall–Kier alpha value is -3.06. The number of hydrogen-bond donors (Lipinski definition) is 1. The Bertz CT molecular complexity index is 850. The lowest BCUT2D eigenvalue weighted by Gasteiger charge is -2.15. The Morgan fingerprint density at radius 1 is 0.963 bits per heavy atom. The molecule has 1 amide bonds. The zero-order valence-corrected chi connectivity index (χ0v) is 15.7. The molecule has 0 aromatic heterocycles. The number of rotatable bonds is 6. The van der Waals surface area contributed by atoms with Gasteiger partial charge in [-0.25, -0.2) is 9.59 Å². The standard InChI is InChI=1S/C19H18ClNO6/c1-11(17(22)21-15-10-14(20)8-9-16(15)25-2)27-19(24)13-6-4-12(5-7-13)18(23)26-3/h4-11H,1-3H3,(H,21,22)/t11-/m0/s1. The first-order chi connectivity index (χ1) is 12.8. The average Bonchev–Trinajstić information content (AvgIpc) is 2.67. The summed E-state index contributed by atoms with van der Waals surface area (Å²) < 4.78 is 14.9. The minimum absolute atomic E-state index is 0.197. The summed E-state index contributed by atoms with van der Waals surface area (Å²) >= 11 is 5.92. The monoisotopic (exact) mass is 391 g/mol. The molecule has 2 rings (SSSR count). The van der Waals surface area contributed by atoms with E-state index in [1.807, 2.05) is 0 Å². The quantitative estimate of drug-likeness (QED) is 0.759. The Morgan fingerprint density at radius 3 is 2.11 bits per heavy atom. The topological polar surface area (TPSA) is 90.9 Å². The summed E-state index contributed by atoms with van der Waals surface area (Å²) in [5, 5.41) is 3.02. The van der Waals surface area contributed by atoms with Crippen molar-refractivity contribution in [2.45, 2.75) is 13.0 Å². The second-order valence-corrected chi connectivity index (χ2v) is 5.89. The van der Waals surface area contributed by atoms with Crippen LogP contribution in [0.5, 0.6) is 5.75 Å². The van der Waals surface area contributed by atoms with Gasteiger partial charge in [0.05, 0.1) is 31.0 Å². The molecule has 0 radical (unpaired) electrons.